The van der Waals surface area contributed by atoms with Crippen molar-refractivity contribution in [3.63, 3.8) is 0 Å². The van der Waals surface area contributed by atoms with Crippen molar-refractivity contribution in [2.24, 2.45) is 5.41 Å². The van der Waals surface area contributed by atoms with E-state index in [9.17, 15) is 4.79 Å². The summed E-state index contributed by atoms with van der Waals surface area (Å²) in [5.41, 5.74) is 1.29. The number of rotatable bonds is 2. The normalized spacial score (nSPS) is 30.0. The molecule has 1 atom stereocenters. The Morgan fingerprint density at radius 3 is 2.94 bits per heavy atom. The van der Waals surface area contributed by atoms with E-state index in [1.807, 2.05) is 4.90 Å². The molecule has 0 aliphatic carbocycles. The molecule has 1 amide bonds. The Morgan fingerprint density at radius 1 is 1.59 bits per heavy atom. The predicted molar refractivity (Wildman–Crippen MR) is 69.8 cm³/mol. The molecule has 1 N–H and O–H groups in total. The quantitative estimate of drug-likeness (QED) is 0.743. The fourth-order valence-electron chi connectivity index (χ4n) is 2.89. The van der Waals surface area contributed by atoms with Gasteiger partial charge in [0.05, 0.1) is 5.41 Å². The van der Waals surface area contributed by atoms with Crippen LogP contribution in [0.5, 0.6) is 0 Å². The fourth-order valence-corrected chi connectivity index (χ4v) is 2.89. The maximum Gasteiger partial charge on any atom is 0.230 e. The summed E-state index contributed by atoms with van der Waals surface area (Å²) in [6, 6.07) is 0. The Hall–Kier alpha value is -0.830. The van der Waals surface area contributed by atoms with Gasteiger partial charge in [-0.1, -0.05) is 18.6 Å². The van der Waals surface area contributed by atoms with Crippen molar-refractivity contribution in [2.75, 3.05) is 26.2 Å². The second-order valence-electron chi connectivity index (χ2n) is 5.47. The van der Waals surface area contributed by atoms with Gasteiger partial charge in [-0.05, 0) is 39.2 Å². The monoisotopic (exact) mass is 236 g/mol. The molecule has 0 spiro atoms. The molecule has 1 saturated heterocycles. The highest BCUT2D eigenvalue weighted by molar-refractivity contribution is 5.83. The minimum Gasteiger partial charge on any atom is -0.338 e. The Kier molecular flexibility index (Phi) is 3.87. The Balaban J connectivity index is 2.07. The fraction of sp³-hybridized carbons (Fsp3) is 0.786. The summed E-state index contributed by atoms with van der Waals surface area (Å²) in [5.74, 6) is 0.371. The smallest absolute Gasteiger partial charge is 0.230 e. The van der Waals surface area contributed by atoms with Gasteiger partial charge in [-0.15, -0.1) is 0 Å². The van der Waals surface area contributed by atoms with E-state index in [2.05, 4.69) is 25.2 Å². The van der Waals surface area contributed by atoms with Crippen LogP contribution in [0.4, 0.5) is 0 Å². The first-order valence-electron chi connectivity index (χ1n) is 6.84. The summed E-state index contributed by atoms with van der Waals surface area (Å²) in [7, 11) is 0. The molecule has 0 bridgehead atoms. The molecule has 2 heterocycles. The molecule has 0 aromatic rings. The van der Waals surface area contributed by atoms with Crippen LogP contribution < -0.4 is 5.32 Å². The van der Waals surface area contributed by atoms with Gasteiger partial charge >= 0.3 is 0 Å². The average molecular weight is 236 g/mol. The number of piperidine rings is 1. The molecule has 96 valence electrons. The van der Waals surface area contributed by atoms with Gasteiger partial charge < -0.3 is 10.2 Å². The van der Waals surface area contributed by atoms with E-state index in [4.69, 9.17) is 0 Å². The summed E-state index contributed by atoms with van der Waals surface area (Å²) in [6.45, 7) is 7.94. The Morgan fingerprint density at radius 2 is 2.41 bits per heavy atom. The van der Waals surface area contributed by atoms with Crippen molar-refractivity contribution < 1.29 is 4.79 Å². The minimum absolute atomic E-state index is 0.128. The molecule has 0 aromatic heterocycles. The standard InChI is InChI=1S/C14H24N2O/c1-3-14(7-4-8-15-11-14)13(17)16-9-5-12(2)6-10-16/h5,15H,3-4,6-11H2,1-2H3. The lowest BCUT2D eigenvalue weighted by atomic mass is 9.77. The molecular formula is C14H24N2O. The first-order chi connectivity index (χ1) is 8.18. The second kappa shape index (κ2) is 5.21. The van der Waals surface area contributed by atoms with Gasteiger partial charge in [0, 0.05) is 19.6 Å². The highest BCUT2D eigenvalue weighted by Gasteiger charge is 2.40. The largest absolute Gasteiger partial charge is 0.338 e. The topological polar surface area (TPSA) is 32.3 Å². The molecule has 3 nitrogen and oxygen atoms in total. The first-order valence-corrected chi connectivity index (χ1v) is 6.84. The SMILES string of the molecule is CCC1(C(=O)N2CC=C(C)CC2)CCCNC1. The predicted octanol–water partition coefficient (Wildman–Crippen LogP) is 1.94. The molecule has 0 radical (unpaired) electrons. The second-order valence-corrected chi connectivity index (χ2v) is 5.47. The summed E-state index contributed by atoms with van der Waals surface area (Å²) in [6.07, 6.45) is 6.37. The van der Waals surface area contributed by atoms with Crippen molar-refractivity contribution in [1.82, 2.24) is 10.2 Å². The summed E-state index contributed by atoms with van der Waals surface area (Å²) < 4.78 is 0. The van der Waals surface area contributed by atoms with Crippen molar-refractivity contribution in [3.05, 3.63) is 11.6 Å². The van der Waals surface area contributed by atoms with E-state index in [0.29, 0.717) is 5.91 Å². The molecule has 2 rings (SSSR count). The number of amides is 1. The summed E-state index contributed by atoms with van der Waals surface area (Å²) >= 11 is 0. The summed E-state index contributed by atoms with van der Waals surface area (Å²) in [5, 5.41) is 3.39. The number of nitrogens with zero attached hydrogens (tertiary/aromatic N) is 1. The van der Waals surface area contributed by atoms with Gasteiger partial charge in [0.1, 0.15) is 0 Å². The molecule has 2 aliphatic rings. The molecule has 17 heavy (non-hydrogen) atoms. The van der Waals surface area contributed by atoms with E-state index in [1.54, 1.807) is 0 Å². The van der Waals surface area contributed by atoms with Crippen LogP contribution in [0.2, 0.25) is 0 Å². The zero-order valence-electron chi connectivity index (χ0n) is 11.1. The van der Waals surface area contributed by atoms with Crippen LogP contribution >= 0.6 is 0 Å². The van der Waals surface area contributed by atoms with Crippen LogP contribution in [0.1, 0.15) is 39.5 Å². The van der Waals surface area contributed by atoms with Gasteiger partial charge in [-0.3, -0.25) is 4.79 Å². The Labute approximate surface area is 104 Å². The maximum atomic E-state index is 12.7. The highest BCUT2D eigenvalue weighted by Crippen LogP contribution is 2.33. The zero-order valence-corrected chi connectivity index (χ0v) is 11.1. The van der Waals surface area contributed by atoms with Crippen LogP contribution in [-0.4, -0.2) is 37.0 Å². The number of carbonyl (C=O) groups excluding carboxylic acids is 1. The summed E-state index contributed by atoms with van der Waals surface area (Å²) in [4.78, 5) is 14.7. The number of carbonyl (C=O) groups is 1. The van der Waals surface area contributed by atoms with E-state index in [-0.39, 0.29) is 5.41 Å². The van der Waals surface area contributed by atoms with Crippen molar-refractivity contribution in [3.8, 4) is 0 Å². The van der Waals surface area contributed by atoms with Crippen LogP contribution in [0.15, 0.2) is 11.6 Å². The Bertz CT molecular complexity index is 316. The van der Waals surface area contributed by atoms with Crippen LogP contribution in [0, 0.1) is 5.41 Å². The highest BCUT2D eigenvalue weighted by atomic mass is 16.2. The maximum absolute atomic E-state index is 12.7. The van der Waals surface area contributed by atoms with Gasteiger partial charge in [0.2, 0.25) is 5.91 Å². The lowest BCUT2D eigenvalue weighted by Gasteiger charge is -2.40. The molecule has 0 aromatic carbocycles. The van der Waals surface area contributed by atoms with Crippen molar-refractivity contribution >= 4 is 5.91 Å². The zero-order chi connectivity index (χ0) is 12.3. The minimum atomic E-state index is -0.128. The van der Waals surface area contributed by atoms with Crippen molar-refractivity contribution in [2.45, 2.75) is 39.5 Å². The van der Waals surface area contributed by atoms with E-state index in [0.717, 1.165) is 51.9 Å². The van der Waals surface area contributed by atoms with Crippen molar-refractivity contribution in [1.29, 1.82) is 0 Å². The lowest BCUT2D eigenvalue weighted by molar-refractivity contribution is -0.143. The van der Waals surface area contributed by atoms with E-state index in [1.165, 1.54) is 5.57 Å². The van der Waals surface area contributed by atoms with Gasteiger partial charge in [0.15, 0.2) is 0 Å². The van der Waals surface area contributed by atoms with Crippen LogP contribution in [0.3, 0.4) is 0 Å². The van der Waals surface area contributed by atoms with E-state index >= 15 is 0 Å². The van der Waals surface area contributed by atoms with E-state index < -0.39 is 0 Å². The molecule has 3 heteroatoms. The third-order valence-electron chi connectivity index (χ3n) is 4.33. The number of hydrogen-bond donors (Lipinski definition) is 1. The number of hydrogen-bond acceptors (Lipinski definition) is 2. The van der Waals surface area contributed by atoms with Gasteiger partial charge in [-0.2, -0.15) is 0 Å². The van der Waals surface area contributed by atoms with Gasteiger partial charge in [-0.25, -0.2) is 0 Å². The number of nitrogens with one attached hydrogen (secondary N) is 1. The van der Waals surface area contributed by atoms with Crippen LogP contribution in [0.25, 0.3) is 0 Å². The lowest BCUT2D eigenvalue weighted by Crippen LogP contribution is -2.52. The van der Waals surface area contributed by atoms with Gasteiger partial charge in [0.25, 0.3) is 0 Å². The molecular weight excluding hydrogens is 212 g/mol. The third-order valence-corrected chi connectivity index (χ3v) is 4.33. The average Bonchev–Trinajstić information content (AvgIpc) is 2.39. The molecule has 2 aliphatic heterocycles. The molecule has 0 saturated carbocycles. The molecule has 1 unspecified atom stereocenters. The first kappa shape index (κ1) is 12.6. The van der Waals surface area contributed by atoms with Crippen LogP contribution in [-0.2, 0) is 4.79 Å². The third kappa shape index (κ3) is 2.54. The molecule has 1 fully saturated rings.